The van der Waals surface area contributed by atoms with Crippen LogP contribution < -0.4 is 18.9 Å². The van der Waals surface area contributed by atoms with Crippen LogP contribution in [0.25, 0.3) is 11.4 Å². The predicted molar refractivity (Wildman–Crippen MR) is 120 cm³/mol. The zero-order valence-corrected chi connectivity index (χ0v) is 19.3. The summed E-state index contributed by atoms with van der Waals surface area (Å²) in [4.78, 5) is 17.0. The monoisotopic (exact) mass is 456 g/mol. The van der Waals surface area contributed by atoms with Crippen LogP contribution in [0.3, 0.4) is 0 Å². The van der Waals surface area contributed by atoms with Gasteiger partial charge in [-0.05, 0) is 52.0 Å². The van der Waals surface area contributed by atoms with Crippen molar-refractivity contribution in [3.05, 3.63) is 47.9 Å². The number of nitrogens with zero attached hydrogens (tertiary/aromatic N) is 2. The van der Waals surface area contributed by atoms with E-state index in [9.17, 15) is 4.79 Å². The van der Waals surface area contributed by atoms with Crippen LogP contribution in [-0.2, 0) is 11.3 Å². The number of hydrogen-bond donors (Lipinski definition) is 0. The van der Waals surface area contributed by atoms with E-state index in [1.165, 1.54) is 0 Å². The van der Waals surface area contributed by atoms with E-state index in [2.05, 4.69) is 10.1 Å². The molecule has 3 rings (SSSR count). The van der Waals surface area contributed by atoms with E-state index in [0.29, 0.717) is 60.8 Å². The van der Waals surface area contributed by atoms with Crippen molar-refractivity contribution in [3.8, 4) is 34.4 Å². The summed E-state index contributed by atoms with van der Waals surface area (Å²) in [5, 5.41) is 3.98. The number of para-hydroxylation sites is 1. The van der Waals surface area contributed by atoms with Crippen LogP contribution in [0.4, 0.5) is 0 Å². The van der Waals surface area contributed by atoms with E-state index in [-0.39, 0.29) is 18.1 Å². The van der Waals surface area contributed by atoms with Gasteiger partial charge in [0, 0.05) is 0 Å². The number of aromatic nitrogens is 2. The predicted octanol–water partition coefficient (Wildman–Crippen LogP) is 4.69. The fraction of sp³-hybridized carbons (Fsp3) is 0.375. The number of hydrogen-bond acceptors (Lipinski definition) is 9. The molecular formula is C24H28N2O7. The second kappa shape index (κ2) is 11.8. The molecule has 9 nitrogen and oxygen atoms in total. The van der Waals surface area contributed by atoms with Crippen molar-refractivity contribution in [3.63, 3.8) is 0 Å². The lowest BCUT2D eigenvalue weighted by Gasteiger charge is -2.16. The van der Waals surface area contributed by atoms with Gasteiger partial charge in [-0.15, -0.1) is 0 Å². The van der Waals surface area contributed by atoms with Gasteiger partial charge < -0.3 is 28.2 Å². The smallest absolute Gasteiger partial charge is 0.338 e. The molecule has 0 N–H and O–H groups in total. The molecule has 0 aliphatic rings. The summed E-state index contributed by atoms with van der Waals surface area (Å²) in [5.41, 5.74) is 0.946. The Labute approximate surface area is 192 Å². The molecule has 2 aromatic carbocycles. The molecule has 0 saturated carbocycles. The Kier molecular flexibility index (Phi) is 8.51. The maximum atomic E-state index is 12.7. The molecular weight excluding hydrogens is 428 g/mol. The zero-order chi connectivity index (χ0) is 23.6. The molecule has 1 heterocycles. The van der Waals surface area contributed by atoms with Gasteiger partial charge in [-0.2, -0.15) is 4.98 Å². The van der Waals surface area contributed by atoms with Crippen molar-refractivity contribution in [2.24, 2.45) is 0 Å². The van der Waals surface area contributed by atoms with E-state index in [4.69, 9.17) is 28.2 Å². The van der Waals surface area contributed by atoms with Gasteiger partial charge in [0.1, 0.15) is 5.75 Å². The van der Waals surface area contributed by atoms with Crippen molar-refractivity contribution in [2.75, 3.05) is 26.4 Å². The average molecular weight is 456 g/mol. The van der Waals surface area contributed by atoms with Crippen LogP contribution in [0.1, 0.15) is 43.9 Å². The highest BCUT2D eigenvalue weighted by Crippen LogP contribution is 2.39. The summed E-state index contributed by atoms with van der Waals surface area (Å²) in [6.45, 7) is 8.99. The van der Waals surface area contributed by atoms with E-state index >= 15 is 0 Å². The topological polar surface area (TPSA) is 102 Å². The van der Waals surface area contributed by atoms with Gasteiger partial charge in [-0.25, -0.2) is 4.79 Å². The number of carbonyl (C=O) groups is 1. The molecule has 1 aromatic heterocycles. The van der Waals surface area contributed by atoms with Crippen LogP contribution in [0.15, 0.2) is 40.9 Å². The summed E-state index contributed by atoms with van der Waals surface area (Å²) in [7, 11) is 0. The lowest BCUT2D eigenvalue weighted by atomic mass is 10.2. The first-order chi connectivity index (χ1) is 16.1. The summed E-state index contributed by atoms with van der Waals surface area (Å²) in [6, 6.07) is 10.5. The Morgan fingerprint density at radius 1 is 0.848 bits per heavy atom. The second-order valence-corrected chi connectivity index (χ2v) is 6.62. The third kappa shape index (κ3) is 5.94. The van der Waals surface area contributed by atoms with Crippen molar-refractivity contribution >= 4 is 5.97 Å². The molecule has 0 unspecified atom stereocenters. The van der Waals surface area contributed by atoms with E-state index in [1.54, 1.807) is 12.1 Å². The molecule has 0 bridgehead atoms. The molecule has 0 aliphatic carbocycles. The van der Waals surface area contributed by atoms with E-state index in [0.717, 1.165) is 0 Å². The summed E-state index contributed by atoms with van der Waals surface area (Å²) < 4.78 is 33.2. The minimum absolute atomic E-state index is 0.158. The van der Waals surface area contributed by atoms with Crippen molar-refractivity contribution in [1.82, 2.24) is 10.1 Å². The molecule has 0 amide bonds. The maximum absolute atomic E-state index is 12.7. The number of esters is 1. The van der Waals surface area contributed by atoms with Crippen LogP contribution in [0.2, 0.25) is 0 Å². The molecule has 0 radical (unpaired) electrons. The average Bonchev–Trinajstić information content (AvgIpc) is 3.29. The number of carbonyl (C=O) groups excluding carboxylic acids is 1. The largest absolute Gasteiger partial charge is 0.493 e. The Morgan fingerprint density at radius 2 is 1.45 bits per heavy atom. The number of benzene rings is 2. The van der Waals surface area contributed by atoms with Crippen LogP contribution in [0.5, 0.6) is 23.0 Å². The second-order valence-electron chi connectivity index (χ2n) is 6.62. The van der Waals surface area contributed by atoms with Gasteiger partial charge in [-0.1, -0.05) is 17.3 Å². The molecule has 0 aliphatic heterocycles. The number of rotatable bonds is 12. The third-order valence-electron chi connectivity index (χ3n) is 4.37. The van der Waals surface area contributed by atoms with Gasteiger partial charge in [0.15, 0.2) is 18.1 Å². The van der Waals surface area contributed by atoms with Crippen molar-refractivity contribution in [2.45, 2.75) is 34.3 Å². The van der Waals surface area contributed by atoms with E-state index in [1.807, 2.05) is 52.0 Å². The summed E-state index contributed by atoms with van der Waals surface area (Å²) in [6.07, 6.45) is 0. The van der Waals surface area contributed by atoms with Gasteiger partial charge in [0.25, 0.3) is 5.89 Å². The van der Waals surface area contributed by atoms with Gasteiger partial charge in [-0.3, -0.25) is 0 Å². The molecule has 0 spiro atoms. The van der Waals surface area contributed by atoms with E-state index < -0.39 is 5.97 Å². The normalized spacial score (nSPS) is 10.5. The molecule has 0 atom stereocenters. The Hall–Kier alpha value is -3.75. The first-order valence-electron chi connectivity index (χ1n) is 10.9. The first-order valence-corrected chi connectivity index (χ1v) is 10.9. The Morgan fingerprint density at radius 3 is 2.09 bits per heavy atom. The lowest BCUT2D eigenvalue weighted by Crippen LogP contribution is -2.09. The highest BCUT2D eigenvalue weighted by molar-refractivity contribution is 5.91. The van der Waals surface area contributed by atoms with Crippen LogP contribution >= 0.6 is 0 Å². The zero-order valence-electron chi connectivity index (χ0n) is 19.3. The molecule has 3 aromatic rings. The Bertz CT molecular complexity index is 1040. The van der Waals surface area contributed by atoms with Crippen LogP contribution in [-0.4, -0.2) is 42.5 Å². The molecule has 33 heavy (non-hydrogen) atoms. The summed E-state index contributed by atoms with van der Waals surface area (Å²) >= 11 is 0. The van der Waals surface area contributed by atoms with Crippen molar-refractivity contribution in [1.29, 1.82) is 0 Å². The molecule has 9 heteroatoms. The quantitative estimate of drug-likeness (QED) is 0.359. The standard InChI is InChI=1S/C24H28N2O7/c1-5-28-18-12-10-9-11-17(18)23-25-21(33-26-23)15-32-24(27)16-13-19(29-6-2)22(31-8-4)20(14-16)30-7-3/h9-14H,5-8,15H2,1-4H3. The lowest BCUT2D eigenvalue weighted by molar-refractivity contribution is 0.0428. The first kappa shape index (κ1) is 23.9. The minimum atomic E-state index is -0.588. The molecule has 176 valence electrons. The summed E-state index contributed by atoms with van der Waals surface area (Å²) in [5.74, 6) is 1.83. The molecule has 0 saturated heterocycles. The fourth-order valence-electron chi connectivity index (χ4n) is 3.07. The highest BCUT2D eigenvalue weighted by atomic mass is 16.6. The Balaban J connectivity index is 1.76. The van der Waals surface area contributed by atoms with Gasteiger partial charge >= 0.3 is 5.97 Å². The third-order valence-corrected chi connectivity index (χ3v) is 4.37. The SMILES string of the molecule is CCOc1ccccc1-c1noc(COC(=O)c2cc(OCC)c(OCC)c(OCC)c2)n1. The number of ether oxygens (including phenoxy) is 5. The van der Waals surface area contributed by atoms with Gasteiger partial charge in [0.05, 0.1) is 37.6 Å². The van der Waals surface area contributed by atoms with Gasteiger partial charge in [0.2, 0.25) is 11.6 Å². The van der Waals surface area contributed by atoms with Crippen LogP contribution in [0, 0.1) is 0 Å². The highest BCUT2D eigenvalue weighted by Gasteiger charge is 2.20. The minimum Gasteiger partial charge on any atom is -0.493 e. The molecule has 0 fully saturated rings. The fourth-order valence-corrected chi connectivity index (χ4v) is 3.07. The maximum Gasteiger partial charge on any atom is 0.338 e. The van der Waals surface area contributed by atoms with Crippen molar-refractivity contribution < 1.29 is 33.0 Å².